The lowest BCUT2D eigenvalue weighted by Crippen LogP contribution is -2.53. The van der Waals surface area contributed by atoms with Gasteiger partial charge in [0.05, 0.1) is 29.6 Å². The molecule has 1 aromatic heterocycles. The van der Waals surface area contributed by atoms with Crippen molar-refractivity contribution in [2.45, 2.75) is 51.1 Å². The van der Waals surface area contributed by atoms with Crippen LogP contribution < -0.4 is 0 Å². The number of halogens is 3. The lowest BCUT2D eigenvalue weighted by molar-refractivity contribution is -0.161. The third kappa shape index (κ3) is 5.46. The monoisotopic (exact) mass is 588 g/mol. The Morgan fingerprint density at radius 2 is 1.81 bits per heavy atom. The summed E-state index contributed by atoms with van der Waals surface area (Å²) in [6, 6.07) is 20.0. The van der Waals surface area contributed by atoms with E-state index < -0.39 is 11.4 Å². The molecule has 1 aliphatic heterocycles. The lowest BCUT2D eigenvalue weighted by Gasteiger charge is -2.51. The van der Waals surface area contributed by atoms with Crippen molar-refractivity contribution in [3.05, 3.63) is 98.2 Å². The smallest absolute Gasteiger partial charge is 0.304 e. The normalized spacial score (nSPS) is 22.9. The van der Waals surface area contributed by atoms with Crippen molar-refractivity contribution in [3.8, 4) is 0 Å². The highest BCUT2D eigenvalue weighted by Crippen LogP contribution is 2.54. The number of hydrogen-bond acceptors (Lipinski definition) is 3. The number of carboxylic acids is 1. The zero-order chi connectivity index (χ0) is 26.0. The Hall–Kier alpha value is -2.41. The first kappa shape index (κ1) is 26.6. The molecule has 36 heavy (non-hydrogen) atoms. The summed E-state index contributed by atoms with van der Waals surface area (Å²) >= 11 is 16.1. The molecular weight excluding hydrogens is 563 g/mol. The number of aromatic nitrogens is 1. The molecular formula is C28H27BrCl2N2O3. The van der Waals surface area contributed by atoms with Gasteiger partial charge < -0.3 is 10.0 Å². The van der Waals surface area contributed by atoms with Gasteiger partial charge in [0.2, 0.25) is 5.91 Å². The lowest BCUT2D eigenvalue weighted by atomic mass is 9.67. The van der Waals surface area contributed by atoms with E-state index in [1.165, 1.54) is 0 Å². The molecule has 0 unspecified atom stereocenters. The molecule has 0 radical (unpaired) electrons. The molecule has 1 aliphatic rings. The molecule has 0 saturated carbocycles. The van der Waals surface area contributed by atoms with Crippen LogP contribution >= 0.6 is 39.1 Å². The zero-order valence-corrected chi connectivity index (χ0v) is 23.1. The molecule has 0 bridgehead atoms. The highest BCUT2D eigenvalue weighted by atomic mass is 79.9. The number of carboxylic acid groups (broad SMARTS) is 1. The van der Waals surface area contributed by atoms with Crippen LogP contribution in [0.2, 0.25) is 10.0 Å². The molecule has 1 fully saturated rings. The topological polar surface area (TPSA) is 70.5 Å². The van der Waals surface area contributed by atoms with Crippen molar-refractivity contribution in [1.29, 1.82) is 0 Å². The summed E-state index contributed by atoms with van der Waals surface area (Å²) in [5.41, 5.74) is 1.50. The third-order valence-electron chi connectivity index (χ3n) is 6.93. The predicted octanol–water partition coefficient (Wildman–Crippen LogP) is 7.84. The Morgan fingerprint density at radius 1 is 1.11 bits per heavy atom. The maximum absolute atomic E-state index is 14.3. The second-order valence-corrected chi connectivity index (χ2v) is 11.2. The van der Waals surface area contributed by atoms with Crippen LogP contribution in [0.25, 0.3) is 0 Å². The first-order chi connectivity index (χ1) is 17.1. The van der Waals surface area contributed by atoms with Crippen molar-refractivity contribution in [2.75, 3.05) is 0 Å². The van der Waals surface area contributed by atoms with Crippen LogP contribution in [-0.2, 0) is 9.59 Å². The molecule has 1 amide bonds. The summed E-state index contributed by atoms with van der Waals surface area (Å²) in [5.74, 6) is -1.40. The van der Waals surface area contributed by atoms with Gasteiger partial charge in [0.1, 0.15) is 4.60 Å². The molecule has 0 spiro atoms. The number of hydrogen-bond donors (Lipinski definition) is 1. The van der Waals surface area contributed by atoms with Gasteiger partial charge >= 0.3 is 5.97 Å². The number of carbonyl (C=O) groups is 2. The number of likely N-dealkylation sites (tertiary alicyclic amines) is 1. The number of carbonyl (C=O) groups excluding carboxylic acids is 1. The average Bonchev–Trinajstić information content (AvgIpc) is 2.82. The molecule has 2 aromatic carbocycles. The fraction of sp³-hybridized carbons (Fsp3) is 0.321. The van der Waals surface area contributed by atoms with Gasteiger partial charge in [-0.25, -0.2) is 4.98 Å². The molecule has 4 atom stereocenters. The number of amides is 1. The highest BCUT2D eigenvalue weighted by molar-refractivity contribution is 9.10. The van der Waals surface area contributed by atoms with Crippen molar-refractivity contribution in [2.24, 2.45) is 5.41 Å². The van der Waals surface area contributed by atoms with Crippen LogP contribution in [-0.4, -0.2) is 26.9 Å². The van der Waals surface area contributed by atoms with Crippen LogP contribution in [0.15, 0.2) is 71.3 Å². The summed E-state index contributed by atoms with van der Waals surface area (Å²) in [6.45, 7) is 3.77. The predicted molar refractivity (Wildman–Crippen MR) is 145 cm³/mol. The van der Waals surface area contributed by atoms with Gasteiger partial charge in [0, 0.05) is 16.0 Å². The number of piperidine rings is 1. The summed E-state index contributed by atoms with van der Waals surface area (Å²) in [7, 11) is 0. The number of pyridine rings is 1. The largest absolute Gasteiger partial charge is 0.481 e. The van der Waals surface area contributed by atoms with Crippen molar-refractivity contribution >= 4 is 51.0 Å². The van der Waals surface area contributed by atoms with Gasteiger partial charge in [0.25, 0.3) is 0 Å². The van der Waals surface area contributed by atoms with E-state index >= 15 is 0 Å². The SMILES string of the molecule is CC[C@H](c1cccc(Br)n1)N1C(=O)[C@](C)(CC(=O)O)C[C@H](c2cccc(Cl)c2)[C@H]1c1ccc(Cl)cc1. The van der Waals surface area contributed by atoms with E-state index in [9.17, 15) is 14.7 Å². The second-order valence-electron chi connectivity index (χ2n) is 9.51. The molecule has 1 saturated heterocycles. The molecule has 8 heteroatoms. The molecule has 1 N–H and O–H groups in total. The number of benzene rings is 2. The Balaban J connectivity index is 1.96. The number of nitrogens with zero attached hydrogens (tertiary/aromatic N) is 2. The molecule has 2 heterocycles. The Bertz CT molecular complexity index is 1270. The van der Waals surface area contributed by atoms with Crippen LogP contribution in [0.5, 0.6) is 0 Å². The Labute approximate surface area is 229 Å². The first-order valence-electron chi connectivity index (χ1n) is 11.8. The van der Waals surface area contributed by atoms with E-state index in [0.717, 1.165) is 16.8 Å². The number of rotatable bonds is 7. The summed E-state index contributed by atoms with van der Waals surface area (Å²) in [4.78, 5) is 32.8. The van der Waals surface area contributed by atoms with Crippen LogP contribution in [0.3, 0.4) is 0 Å². The van der Waals surface area contributed by atoms with E-state index in [1.54, 1.807) is 6.92 Å². The molecule has 3 aromatic rings. The fourth-order valence-corrected chi connectivity index (χ4v) is 6.06. The van der Waals surface area contributed by atoms with Gasteiger partial charge in [-0.2, -0.15) is 0 Å². The molecule has 0 aliphatic carbocycles. The molecule has 188 valence electrons. The minimum Gasteiger partial charge on any atom is -0.481 e. The Morgan fingerprint density at radius 3 is 2.42 bits per heavy atom. The van der Waals surface area contributed by atoms with Crippen molar-refractivity contribution in [3.63, 3.8) is 0 Å². The van der Waals surface area contributed by atoms with Crippen LogP contribution in [0.1, 0.15) is 67.9 Å². The molecule has 4 rings (SSSR count). The maximum atomic E-state index is 14.3. The maximum Gasteiger partial charge on any atom is 0.304 e. The van der Waals surface area contributed by atoms with Gasteiger partial charge in [0.15, 0.2) is 0 Å². The summed E-state index contributed by atoms with van der Waals surface area (Å²) in [5, 5.41) is 11.0. The van der Waals surface area contributed by atoms with Crippen LogP contribution in [0, 0.1) is 5.41 Å². The van der Waals surface area contributed by atoms with E-state index in [1.807, 2.05) is 78.6 Å². The van der Waals surface area contributed by atoms with E-state index in [2.05, 4.69) is 20.9 Å². The third-order valence-corrected chi connectivity index (χ3v) is 7.86. The summed E-state index contributed by atoms with van der Waals surface area (Å²) in [6.07, 6.45) is 0.699. The zero-order valence-electron chi connectivity index (χ0n) is 20.0. The van der Waals surface area contributed by atoms with Crippen LogP contribution in [0.4, 0.5) is 0 Å². The highest BCUT2D eigenvalue weighted by Gasteiger charge is 2.52. The van der Waals surface area contributed by atoms with E-state index in [-0.39, 0.29) is 30.3 Å². The quantitative estimate of drug-likeness (QED) is 0.285. The van der Waals surface area contributed by atoms with Gasteiger partial charge in [-0.1, -0.05) is 67.4 Å². The minimum atomic E-state index is -1.11. The fourth-order valence-electron chi connectivity index (χ4n) is 5.38. The van der Waals surface area contributed by atoms with Gasteiger partial charge in [-0.05, 0) is 76.3 Å². The second kappa shape index (κ2) is 10.9. The van der Waals surface area contributed by atoms with Crippen molar-refractivity contribution in [1.82, 2.24) is 9.88 Å². The average molecular weight is 590 g/mol. The standard InChI is InChI=1S/C28H27BrCl2N2O3/c1-3-23(22-8-5-9-24(29)32-22)33-26(17-10-12-19(30)13-11-17)21(18-6-4-7-20(31)14-18)15-28(2,27(33)36)16-25(34)35/h4-14,21,23,26H,3,15-16H2,1-2H3,(H,34,35)/t21-,23-,26-,28+/m1/s1. The molecule has 5 nitrogen and oxygen atoms in total. The van der Waals surface area contributed by atoms with Crippen molar-refractivity contribution < 1.29 is 14.7 Å². The van der Waals surface area contributed by atoms with E-state index in [0.29, 0.717) is 27.5 Å². The van der Waals surface area contributed by atoms with Gasteiger partial charge in [-0.15, -0.1) is 0 Å². The van der Waals surface area contributed by atoms with E-state index in [4.69, 9.17) is 23.2 Å². The minimum absolute atomic E-state index is 0.197. The number of aliphatic carboxylic acids is 1. The summed E-state index contributed by atoms with van der Waals surface area (Å²) < 4.78 is 0.672. The van der Waals surface area contributed by atoms with Gasteiger partial charge in [-0.3, -0.25) is 9.59 Å². The first-order valence-corrected chi connectivity index (χ1v) is 13.4. The Kier molecular flexibility index (Phi) is 8.08.